The minimum absolute atomic E-state index is 0.250. The van der Waals surface area contributed by atoms with Crippen LogP contribution >= 0.6 is 0 Å². The van der Waals surface area contributed by atoms with Gasteiger partial charge in [0.2, 0.25) is 0 Å². The number of anilines is 1. The maximum atomic E-state index is 12.1. The van der Waals surface area contributed by atoms with Crippen LogP contribution < -0.4 is 5.32 Å². The van der Waals surface area contributed by atoms with Gasteiger partial charge in [-0.2, -0.15) is 10.4 Å². The van der Waals surface area contributed by atoms with E-state index in [1.54, 1.807) is 36.3 Å². The Bertz CT molecular complexity index is 874. The quantitative estimate of drug-likeness (QED) is 0.798. The molecule has 3 aromatic rings. The summed E-state index contributed by atoms with van der Waals surface area (Å²) in [7, 11) is 1.80. The van der Waals surface area contributed by atoms with E-state index in [4.69, 9.17) is 5.26 Å². The first-order valence-corrected chi connectivity index (χ1v) is 6.79. The van der Waals surface area contributed by atoms with E-state index in [9.17, 15) is 4.79 Å². The van der Waals surface area contributed by atoms with Crippen molar-refractivity contribution in [2.75, 3.05) is 5.32 Å². The third-order valence-corrected chi connectivity index (χ3v) is 3.13. The number of amides is 1. The summed E-state index contributed by atoms with van der Waals surface area (Å²) in [6.07, 6.45) is 2.99. The van der Waals surface area contributed by atoms with Gasteiger partial charge in [0.1, 0.15) is 18.1 Å². The molecule has 1 aromatic carbocycles. The minimum atomic E-state index is -0.335. The molecule has 7 nitrogen and oxygen atoms in total. The molecule has 0 spiro atoms. The minimum Gasteiger partial charge on any atom is -0.321 e. The number of hydrogen-bond donors (Lipinski definition) is 1. The molecule has 0 radical (unpaired) electrons. The molecule has 23 heavy (non-hydrogen) atoms. The summed E-state index contributed by atoms with van der Waals surface area (Å²) in [5.41, 5.74) is 2.16. The molecule has 2 aromatic heterocycles. The van der Waals surface area contributed by atoms with Crippen LogP contribution in [0.1, 0.15) is 16.1 Å². The molecule has 0 saturated heterocycles. The van der Waals surface area contributed by atoms with Gasteiger partial charge in [-0.15, -0.1) is 0 Å². The van der Waals surface area contributed by atoms with Crippen LogP contribution in [-0.4, -0.2) is 25.7 Å². The summed E-state index contributed by atoms with van der Waals surface area (Å²) in [6, 6.07) is 12.2. The molecule has 0 saturated carbocycles. The van der Waals surface area contributed by atoms with Crippen molar-refractivity contribution in [3.8, 4) is 17.5 Å². The number of aryl methyl sites for hydroxylation is 1. The molecule has 0 fully saturated rings. The molecule has 0 aliphatic rings. The van der Waals surface area contributed by atoms with Crippen LogP contribution in [0.3, 0.4) is 0 Å². The zero-order valence-corrected chi connectivity index (χ0v) is 12.3. The highest BCUT2D eigenvalue weighted by Gasteiger charge is 2.08. The number of nitrogens with one attached hydrogen (secondary N) is 1. The van der Waals surface area contributed by atoms with Crippen molar-refractivity contribution < 1.29 is 4.79 Å². The number of rotatable bonds is 3. The molecule has 0 bridgehead atoms. The van der Waals surface area contributed by atoms with Gasteiger partial charge in [-0.1, -0.05) is 0 Å². The number of benzene rings is 1. The zero-order valence-electron chi connectivity index (χ0n) is 12.3. The summed E-state index contributed by atoms with van der Waals surface area (Å²) in [5, 5.41) is 15.7. The first-order chi connectivity index (χ1) is 11.2. The van der Waals surface area contributed by atoms with Crippen molar-refractivity contribution in [2.45, 2.75) is 0 Å². The average molecular weight is 304 g/mol. The standard InChI is InChI=1S/C16H12N6O/c1-22-10-19-15(21-22)12-3-5-13(6-4-12)20-16(23)14-7-2-11(8-17)9-18-14/h2-7,9-10H,1H3,(H,20,23). The normalized spacial score (nSPS) is 10.1. The number of nitrogens with zero attached hydrogens (tertiary/aromatic N) is 5. The molecule has 0 unspecified atom stereocenters. The summed E-state index contributed by atoms with van der Waals surface area (Å²) >= 11 is 0. The smallest absolute Gasteiger partial charge is 0.274 e. The van der Waals surface area contributed by atoms with Crippen LogP contribution in [-0.2, 0) is 7.05 Å². The summed E-state index contributed by atoms with van der Waals surface area (Å²) < 4.78 is 1.63. The highest BCUT2D eigenvalue weighted by atomic mass is 16.1. The molecule has 1 amide bonds. The van der Waals surface area contributed by atoms with Crippen LogP contribution in [0.2, 0.25) is 0 Å². The third-order valence-electron chi connectivity index (χ3n) is 3.13. The van der Waals surface area contributed by atoms with E-state index < -0.39 is 0 Å². The van der Waals surface area contributed by atoms with Gasteiger partial charge >= 0.3 is 0 Å². The fraction of sp³-hybridized carbons (Fsp3) is 0.0625. The van der Waals surface area contributed by atoms with Crippen LogP contribution in [0, 0.1) is 11.3 Å². The number of nitriles is 1. The fourth-order valence-corrected chi connectivity index (χ4v) is 1.96. The van der Waals surface area contributed by atoms with Crippen LogP contribution in [0.5, 0.6) is 0 Å². The number of carbonyl (C=O) groups is 1. The Kier molecular flexibility index (Phi) is 3.80. The summed E-state index contributed by atoms with van der Waals surface area (Å²) in [6.45, 7) is 0. The van der Waals surface area contributed by atoms with Crippen LogP contribution in [0.4, 0.5) is 5.69 Å². The van der Waals surface area contributed by atoms with Gasteiger partial charge in [-0.3, -0.25) is 9.48 Å². The Morgan fingerprint density at radius 3 is 2.52 bits per heavy atom. The molecule has 1 N–H and O–H groups in total. The van der Waals surface area contributed by atoms with Crippen molar-refractivity contribution in [3.05, 3.63) is 60.2 Å². The van der Waals surface area contributed by atoms with Crippen molar-refractivity contribution in [1.82, 2.24) is 19.7 Å². The molecule has 7 heteroatoms. The van der Waals surface area contributed by atoms with Gasteiger partial charge in [0.15, 0.2) is 5.82 Å². The third kappa shape index (κ3) is 3.22. The number of carbonyl (C=O) groups excluding carboxylic acids is 1. The highest BCUT2D eigenvalue weighted by molar-refractivity contribution is 6.02. The van der Waals surface area contributed by atoms with Gasteiger partial charge in [-0.25, -0.2) is 9.97 Å². The van der Waals surface area contributed by atoms with Gasteiger partial charge < -0.3 is 5.32 Å². The van der Waals surface area contributed by atoms with E-state index in [-0.39, 0.29) is 11.6 Å². The lowest BCUT2D eigenvalue weighted by Crippen LogP contribution is -2.13. The van der Waals surface area contributed by atoms with Crippen molar-refractivity contribution in [2.24, 2.45) is 7.05 Å². The van der Waals surface area contributed by atoms with Crippen molar-refractivity contribution in [3.63, 3.8) is 0 Å². The fourth-order valence-electron chi connectivity index (χ4n) is 1.96. The van der Waals surface area contributed by atoms with Gasteiger partial charge in [0.25, 0.3) is 5.91 Å². The Morgan fingerprint density at radius 2 is 1.96 bits per heavy atom. The molecule has 3 rings (SSSR count). The molecule has 0 atom stereocenters. The van der Waals surface area contributed by atoms with E-state index in [0.29, 0.717) is 17.1 Å². The van der Waals surface area contributed by atoms with E-state index in [1.807, 2.05) is 18.2 Å². The molecular formula is C16H12N6O. The van der Waals surface area contributed by atoms with E-state index in [2.05, 4.69) is 20.4 Å². The van der Waals surface area contributed by atoms with Crippen molar-refractivity contribution >= 4 is 11.6 Å². The first kappa shape index (κ1) is 14.4. The molecule has 0 aliphatic heterocycles. The summed E-state index contributed by atoms with van der Waals surface area (Å²) in [5.74, 6) is 0.289. The Morgan fingerprint density at radius 1 is 1.17 bits per heavy atom. The van der Waals surface area contributed by atoms with Gasteiger partial charge in [-0.05, 0) is 36.4 Å². The maximum absolute atomic E-state index is 12.1. The van der Waals surface area contributed by atoms with E-state index in [1.165, 1.54) is 12.3 Å². The second-order valence-corrected chi connectivity index (χ2v) is 4.82. The monoisotopic (exact) mass is 304 g/mol. The summed E-state index contributed by atoms with van der Waals surface area (Å²) in [4.78, 5) is 20.2. The lowest BCUT2D eigenvalue weighted by molar-refractivity contribution is 0.102. The van der Waals surface area contributed by atoms with Crippen LogP contribution in [0.15, 0.2) is 48.9 Å². The van der Waals surface area contributed by atoms with E-state index in [0.717, 1.165) is 5.56 Å². The molecule has 0 aliphatic carbocycles. The maximum Gasteiger partial charge on any atom is 0.274 e. The first-order valence-electron chi connectivity index (χ1n) is 6.79. The lowest BCUT2D eigenvalue weighted by atomic mass is 10.2. The van der Waals surface area contributed by atoms with E-state index >= 15 is 0 Å². The molecular weight excluding hydrogens is 292 g/mol. The number of hydrogen-bond acceptors (Lipinski definition) is 5. The van der Waals surface area contributed by atoms with Crippen molar-refractivity contribution in [1.29, 1.82) is 5.26 Å². The van der Waals surface area contributed by atoms with Gasteiger partial charge in [0, 0.05) is 24.5 Å². The predicted molar refractivity (Wildman–Crippen MR) is 83.3 cm³/mol. The van der Waals surface area contributed by atoms with Crippen LogP contribution in [0.25, 0.3) is 11.4 Å². The second-order valence-electron chi connectivity index (χ2n) is 4.82. The number of pyridine rings is 1. The van der Waals surface area contributed by atoms with Gasteiger partial charge in [0.05, 0.1) is 5.56 Å². The SMILES string of the molecule is Cn1cnc(-c2ccc(NC(=O)c3ccc(C#N)cn3)cc2)n1. The average Bonchev–Trinajstić information content (AvgIpc) is 3.02. The highest BCUT2D eigenvalue weighted by Crippen LogP contribution is 2.18. The Balaban J connectivity index is 1.72. The second kappa shape index (κ2) is 6.07. The Labute approximate surface area is 132 Å². The largest absolute Gasteiger partial charge is 0.321 e. The lowest BCUT2D eigenvalue weighted by Gasteiger charge is -2.05. The Hall–Kier alpha value is -3.53. The number of aromatic nitrogens is 4. The topological polar surface area (TPSA) is 96.5 Å². The molecule has 112 valence electrons. The molecule has 2 heterocycles. The zero-order chi connectivity index (χ0) is 16.2. The predicted octanol–water partition coefficient (Wildman–Crippen LogP) is 2.00.